The summed E-state index contributed by atoms with van der Waals surface area (Å²) in [6.45, 7) is 15.8. The van der Waals surface area contributed by atoms with Crippen LogP contribution in [0.15, 0.2) is 42.5 Å². The van der Waals surface area contributed by atoms with Gasteiger partial charge in [-0.3, -0.25) is 0 Å². The van der Waals surface area contributed by atoms with E-state index in [-0.39, 0.29) is 16.7 Å². The Labute approximate surface area is 147 Å². The highest BCUT2D eigenvalue weighted by Crippen LogP contribution is 2.40. The predicted octanol–water partition coefficient (Wildman–Crippen LogP) is 6.57. The Kier molecular flexibility index (Phi) is 5.13. The van der Waals surface area contributed by atoms with E-state index < -0.39 is 0 Å². The third-order valence-corrected chi connectivity index (χ3v) is 4.90. The molecule has 0 bridgehead atoms. The summed E-state index contributed by atoms with van der Waals surface area (Å²) in [4.78, 5) is 0. The molecule has 0 aliphatic carbocycles. The van der Waals surface area contributed by atoms with Crippen molar-refractivity contribution in [2.45, 2.75) is 66.2 Å². The average Bonchev–Trinajstić information content (AvgIpc) is 2.45. The molecule has 2 rings (SSSR count). The lowest BCUT2D eigenvalue weighted by atomic mass is 9.71. The maximum Gasteiger partial charge on any atom is 0.119 e. The first kappa shape index (κ1) is 18.6. The molecule has 0 spiro atoms. The summed E-state index contributed by atoms with van der Waals surface area (Å²) in [5, 5.41) is 10.5. The number of aromatic hydroxyl groups is 1. The summed E-state index contributed by atoms with van der Waals surface area (Å²) in [6, 6.07) is 14.6. The highest BCUT2D eigenvalue weighted by molar-refractivity contribution is 5.46. The fourth-order valence-corrected chi connectivity index (χ4v) is 3.99. The summed E-state index contributed by atoms with van der Waals surface area (Å²) in [5.41, 5.74) is 5.20. The number of aryl methyl sites for hydroxylation is 1. The van der Waals surface area contributed by atoms with Crippen LogP contribution < -0.4 is 0 Å². The number of hydrogen-bond acceptors (Lipinski definition) is 1. The highest BCUT2D eigenvalue weighted by atomic mass is 16.3. The molecule has 0 aromatic heterocycles. The summed E-state index contributed by atoms with van der Waals surface area (Å²) in [7, 11) is 0. The molecule has 0 heterocycles. The van der Waals surface area contributed by atoms with E-state index in [0.29, 0.717) is 5.75 Å². The van der Waals surface area contributed by atoms with E-state index in [9.17, 15) is 5.11 Å². The van der Waals surface area contributed by atoms with Gasteiger partial charge in [0.1, 0.15) is 5.75 Å². The number of hydrogen-bond donors (Lipinski definition) is 1. The number of phenols is 1. The van der Waals surface area contributed by atoms with Crippen LogP contribution in [0.5, 0.6) is 5.75 Å². The standard InChI is InChI=1S/C23H32O/c1-16-10-8-9-11-19(16)17(2)20-14-18(12-13-21(20)24)23(6,7)15-22(3,4)5/h8-14,17,24H,15H2,1-7H3. The van der Waals surface area contributed by atoms with Gasteiger partial charge in [-0.25, -0.2) is 0 Å². The molecule has 0 fully saturated rings. The predicted molar refractivity (Wildman–Crippen MR) is 104 cm³/mol. The normalized spacial score (nSPS) is 13.8. The van der Waals surface area contributed by atoms with E-state index in [0.717, 1.165) is 12.0 Å². The van der Waals surface area contributed by atoms with Crippen molar-refractivity contribution >= 4 is 0 Å². The zero-order valence-electron chi connectivity index (χ0n) is 16.3. The minimum atomic E-state index is 0.0755. The van der Waals surface area contributed by atoms with E-state index >= 15 is 0 Å². The van der Waals surface area contributed by atoms with Gasteiger partial charge in [-0.2, -0.15) is 0 Å². The quantitative estimate of drug-likeness (QED) is 0.674. The van der Waals surface area contributed by atoms with Crippen molar-refractivity contribution in [1.82, 2.24) is 0 Å². The molecule has 1 atom stereocenters. The zero-order valence-corrected chi connectivity index (χ0v) is 16.3. The van der Waals surface area contributed by atoms with Gasteiger partial charge in [-0.15, -0.1) is 0 Å². The molecule has 0 saturated heterocycles. The van der Waals surface area contributed by atoms with Crippen molar-refractivity contribution in [2.75, 3.05) is 0 Å². The molecule has 2 aromatic carbocycles. The molecule has 0 radical (unpaired) electrons. The monoisotopic (exact) mass is 324 g/mol. The summed E-state index contributed by atoms with van der Waals surface area (Å²) in [6.07, 6.45) is 1.10. The lowest BCUT2D eigenvalue weighted by Gasteiger charge is -2.33. The molecule has 0 aliphatic heterocycles. The minimum absolute atomic E-state index is 0.0755. The van der Waals surface area contributed by atoms with Gasteiger partial charge >= 0.3 is 0 Å². The second-order valence-electron chi connectivity index (χ2n) is 8.97. The smallest absolute Gasteiger partial charge is 0.119 e. The van der Waals surface area contributed by atoms with E-state index in [1.165, 1.54) is 16.7 Å². The van der Waals surface area contributed by atoms with E-state index in [4.69, 9.17) is 0 Å². The lowest BCUT2D eigenvalue weighted by molar-refractivity contribution is 0.284. The maximum atomic E-state index is 10.5. The molecule has 0 amide bonds. The SMILES string of the molecule is Cc1ccccc1C(C)c1cc(C(C)(C)CC(C)(C)C)ccc1O. The van der Waals surface area contributed by atoms with Crippen LogP contribution in [0.2, 0.25) is 0 Å². The maximum absolute atomic E-state index is 10.5. The first-order chi connectivity index (χ1) is 11.0. The van der Waals surface area contributed by atoms with Crippen LogP contribution in [-0.4, -0.2) is 5.11 Å². The van der Waals surface area contributed by atoms with Gasteiger partial charge in [-0.05, 0) is 46.9 Å². The number of benzene rings is 2. The number of phenolic OH excluding ortho intramolecular Hbond substituents is 1. The van der Waals surface area contributed by atoms with Crippen LogP contribution in [0.4, 0.5) is 0 Å². The van der Waals surface area contributed by atoms with Gasteiger partial charge in [0.2, 0.25) is 0 Å². The third kappa shape index (κ3) is 4.20. The van der Waals surface area contributed by atoms with Crippen molar-refractivity contribution in [3.05, 3.63) is 64.7 Å². The Hall–Kier alpha value is -1.76. The van der Waals surface area contributed by atoms with E-state index in [2.05, 4.69) is 84.9 Å². The highest BCUT2D eigenvalue weighted by Gasteiger charge is 2.28. The second kappa shape index (κ2) is 6.63. The molecule has 1 unspecified atom stereocenters. The largest absolute Gasteiger partial charge is 0.508 e. The summed E-state index contributed by atoms with van der Waals surface area (Å²) in [5.74, 6) is 0.567. The van der Waals surface area contributed by atoms with Crippen LogP contribution in [-0.2, 0) is 5.41 Å². The van der Waals surface area contributed by atoms with E-state index in [1.807, 2.05) is 6.07 Å². The van der Waals surface area contributed by atoms with Crippen molar-refractivity contribution in [3.8, 4) is 5.75 Å². The second-order valence-corrected chi connectivity index (χ2v) is 8.97. The van der Waals surface area contributed by atoms with Gasteiger partial charge < -0.3 is 5.11 Å². The van der Waals surface area contributed by atoms with Crippen molar-refractivity contribution < 1.29 is 5.11 Å². The zero-order chi connectivity index (χ0) is 18.1. The van der Waals surface area contributed by atoms with Gasteiger partial charge in [0.15, 0.2) is 0 Å². The number of rotatable bonds is 4. The molecule has 0 aliphatic rings. The molecule has 130 valence electrons. The van der Waals surface area contributed by atoms with Crippen LogP contribution in [0.25, 0.3) is 0 Å². The van der Waals surface area contributed by atoms with Crippen molar-refractivity contribution in [1.29, 1.82) is 0 Å². The summed E-state index contributed by atoms with van der Waals surface area (Å²) < 4.78 is 0. The fraction of sp³-hybridized carbons (Fsp3) is 0.478. The van der Waals surface area contributed by atoms with Crippen LogP contribution in [0, 0.1) is 12.3 Å². The van der Waals surface area contributed by atoms with Gasteiger partial charge in [0.25, 0.3) is 0 Å². The Morgan fingerprint density at radius 2 is 1.54 bits per heavy atom. The molecule has 1 heteroatoms. The Morgan fingerprint density at radius 1 is 0.917 bits per heavy atom. The van der Waals surface area contributed by atoms with E-state index in [1.54, 1.807) is 0 Å². The average molecular weight is 325 g/mol. The lowest BCUT2D eigenvalue weighted by Crippen LogP contribution is -2.25. The molecule has 1 N–H and O–H groups in total. The molecule has 2 aromatic rings. The van der Waals surface area contributed by atoms with Gasteiger partial charge in [-0.1, -0.05) is 77.9 Å². The third-order valence-electron chi connectivity index (χ3n) is 4.90. The summed E-state index contributed by atoms with van der Waals surface area (Å²) >= 11 is 0. The van der Waals surface area contributed by atoms with Crippen LogP contribution in [0.1, 0.15) is 76.1 Å². The molecule has 1 nitrogen and oxygen atoms in total. The van der Waals surface area contributed by atoms with Gasteiger partial charge in [0, 0.05) is 11.5 Å². The Morgan fingerprint density at radius 3 is 2.12 bits per heavy atom. The van der Waals surface area contributed by atoms with Crippen LogP contribution in [0.3, 0.4) is 0 Å². The topological polar surface area (TPSA) is 20.2 Å². The fourth-order valence-electron chi connectivity index (χ4n) is 3.99. The Balaban J connectivity index is 2.44. The Bertz CT molecular complexity index is 704. The molecule has 0 saturated carbocycles. The van der Waals surface area contributed by atoms with Crippen molar-refractivity contribution in [2.24, 2.45) is 5.41 Å². The molecular formula is C23H32O. The molecule has 24 heavy (non-hydrogen) atoms. The molecular weight excluding hydrogens is 292 g/mol. The van der Waals surface area contributed by atoms with Gasteiger partial charge in [0.05, 0.1) is 0 Å². The van der Waals surface area contributed by atoms with Crippen LogP contribution >= 0.6 is 0 Å². The minimum Gasteiger partial charge on any atom is -0.508 e. The first-order valence-corrected chi connectivity index (χ1v) is 8.90. The van der Waals surface area contributed by atoms with Crippen molar-refractivity contribution in [3.63, 3.8) is 0 Å². The first-order valence-electron chi connectivity index (χ1n) is 8.90.